The van der Waals surface area contributed by atoms with Crippen LogP contribution in [0.5, 0.6) is 5.75 Å². The first-order valence-electron chi connectivity index (χ1n) is 9.28. The summed E-state index contributed by atoms with van der Waals surface area (Å²) in [7, 11) is 0. The summed E-state index contributed by atoms with van der Waals surface area (Å²) in [5, 5.41) is 7.52. The van der Waals surface area contributed by atoms with Crippen LogP contribution in [-0.2, 0) is 4.79 Å². The number of hydrogen-bond donors (Lipinski definition) is 5. The molecule has 0 unspecified atom stereocenters. The second-order valence-corrected chi connectivity index (χ2v) is 7.05. The van der Waals surface area contributed by atoms with Gasteiger partial charge in [-0.25, -0.2) is 0 Å². The van der Waals surface area contributed by atoms with Gasteiger partial charge >= 0.3 is 0 Å². The van der Waals surface area contributed by atoms with Crippen molar-refractivity contribution in [1.29, 1.82) is 0 Å². The van der Waals surface area contributed by atoms with E-state index in [4.69, 9.17) is 20.6 Å². The third-order valence-corrected chi connectivity index (χ3v) is 5.03. The van der Waals surface area contributed by atoms with Crippen molar-refractivity contribution in [3.05, 3.63) is 30.3 Å². The molecule has 148 valence electrons. The highest BCUT2D eigenvalue weighted by Crippen LogP contribution is 2.43. The second kappa shape index (κ2) is 6.33. The van der Waals surface area contributed by atoms with Gasteiger partial charge in [-0.1, -0.05) is 0 Å². The largest absolute Gasteiger partial charge is 0.491 e. The predicted octanol–water partition coefficient (Wildman–Crippen LogP) is 2.65. The Morgan fingerprint density at radius 2 is 2.17 bits per heavy atom. The number of nitrogen functional groups attached to an aromatic ring is 1. The molecule has 0 saturated heterocycles. The first-order valence-corrected chi connectivity index (χ1v) is 9.28. The number of benzene rings is 2. The number of amides is 1. The van der Waals surface area contributed by atoms with Crippen LogP contribution in [0.2, 0.25) is 0 Å². The first-order chi connectivity index (χ1) is 14.0. The molecule has 1 aliphatic rings. The first kappa shape index (κ1) is 17.2. The lowest BCUT2D eigenvalue weighted by atomic mass is 10.1. The van der Waals surface area contributed by atoms with Crippen molar-refractivity contribution in [1.82, 2.24) is 9.97 Å². The number of rotatable bonds is 4. The molecular weight excluding hydrogens is 372 g/mol. The van der Waals surface area contributed by atoms with E-state index in [2.05, 4.69) is 20.6 Å². The Balaban J connectivity index is 1.67. The number of oxazole rings is 1. The SMILES string of the molecule is C[C@H](Nc1cc2c3c(c(-c4ccc5oc(N)nc5c4)[nH]c3c1)NCCO2)C(N)=O. The number of anilines is 3. The van der Waals surface area contributed by atoms with E-state index >= 15 is 0 Å². The van der Waals surface area contributed by atoms with E-state index in [-0.39, 0.29) is 6.01 Å². The Morgan fingerprint density at radius 1 is 1.31 bits per heavy atom. The van der Waals surface area contributed by atoms with Crippen molar-refractivity contribution in [2.24, 2.45) is 5.73 Å². The number of primary amides is 1. The summed E-state index contributed by atoms with van der Waals surface area (Å²) in [5.74, 6) is 0.308. The summed E-state index contributed by atoms with van der Waals surface area (Å²) >= 11 is 0. The minimum atomic E-state index is -0.502. The fourth-order valence-electron chi connectivity index (χ4n) is 3.64. The molecule has 1 aliphatic heterocycles. The Kier molecular flexibility index (Phi) is 3.76. The quantitative estimate of drug-likeness (QED) is 0.359. The summed E-state index contributed by atoms with van der Waals surface area (Å²) in [6.07, 6.45) is 0. The number of hydrogen-bond acceptors (Lipinski definition) is 7. The maximum absolute atomic E-state index is 11.4. The lowest BCUT2D eigenvalue weighted by Gasteiger charge is -2.13. The molecule has 0 bridgehead atoms. The Morgan fingerprint density at radius 3 is 3.00 bits per heavy atom. The Labute approximate surface area is 165 Å². The van der Waals surface area contributed by atoms with Gasteiger partial charge < -0.3 is 36.2 Å². The summed E-state index contributed by atoms with van der Waals surface area (Å²) in [4.78, 5) is 19.1. The van der Waals surface area contributed by atoms with Gasteiger partial charge in [0.1, 0.15) is 23.9 Å². The van der Waals surface area contributed by atoms with E-state index in [0.29, 0.717) is 24.3 Å². The van der Waals surface area contributed by atoms with E-state index in [1.54, 1.807) is 6.92 Å². The molecule has 1 amide bonds. The van der Waals surface area contributed by atoms with Gasteiger partial charge in [0.05, 0.1) is 22.3 Å². The summed E-state index contributed by atoms with van der Waals surface area (Å²) in [6, 6.07) is 9.19. The number of carbonyl (C=O) groups excluding carboxylic acids is 1. The minimum Gasteiger partial charge on any atom is -0.491 e. The fraction of sp³-hybridized carbons (Fsp3) is 0.200. The van der Waals surface area contributed by atoms with E-state index in [0.717, 1.165) is 39.3 Å². The van der Waals surface area contributed by atoms with Gasteiger partial charge in [-0.15, -0.1) is 0 Å². The lowest BCUT2D eigenvalue weighted by Crippen LogP contribution is -2.32. The van der Waals surface area contributed by atoms with Crippen molar-refractivity contribution in [2.75, 3.05) is 29.5 Å². The molecule has 9 heteroatoms. The van der Waals surface area contributed by atoms with Crippen molar-refractivity contribution >= 4 is 45.3 Å². The third kappa shape index (κ3) is 2.87. The molecular formula is C20H20N6O3. The highest BCUT2D eigenvalue weighted by atomic mass is 16.5. The summed E-state index contributed by atoms with van der Waals surface area (Å²) < 4.78 is 11.3. The van der Waals surface area contributed by atoms with E-state index < -0.39 is 11.9 Å². The lowest BCUT2D eigenvalue weighted by molar-refractivity contribution is -0.118. The standard InChI is InChI=1S/C20H20N6O3/c1-9(19(21)27)24-11-7-13-16-15(8-11)28-5-4-23-18(16)17(25-13)10-2-3-14-12(6-10)26-20(22)29-14/h2-3,6-9,23-25H,4-5H2,1H3,(H2,21,27)(H2,22,26)/t9-/m0/s1. The van der Waals surface area contributed by atoms with E-state index in [9.17, 15) is 4.79 Å². The van der Waals surface area contributed by atoms with Gasteiger partial charge in [0.2, 0.25) is 5.91 Å². The molecule has 0 aliphatic carbocycles. The number of ether oxygens (including phenoxy) is 1. The Hall–Kier alpha value is -3.88. The molecule has 29 heavy (non-hydrogen) atoms. The van der Waals surface area contributed by atoms with Crippen LogP contribution in [0.1, 0.15) is 6.92 Å². The van der Waals surface area contributed by atoms with Gasteiger partial charge in [-0.3, -0.25) is 4.79 Å². The molecule has 4 aromatic rings. The average molecular weight is 392 g/mol. The van der Waals surface area contributed by atoms with Crippen LogP contribution in [0.3, 0.4) is 0 Å². The third-order valence-electron chi connectivity index (χ3n) is 5.03. The number of aromatic nitrogens is 2. The number of H-pyrrole nitrogens is 1. The smallest absolute Gasteiger partial charge is 0.292 e. The molecule has 9 nitrogen and oxygen atoms in total. The number of nitrogens with zero attached hydrogens (tertiary/aromatic N) is 1. The number of fused-ring (bicyclic) bond motifs is 1. The monoisotopic (exact) mass is 392 g/mol. The van der Waals surface area contributed by atoms with E-state index in [1.165, 1.54) is 0 Å². The van der Waals surface area contributed by atoms with Gasteiger partial charge in [0.25, 0.3) is 6.01 Å². The molecule has 1 atom stereocenters. The second-order valence-electron chi connectivity index (χ2n) is 7.05. The normalized spacial score (nSPS) is 14.2. The molecule has 0 fully saturated rings. The van der Waals surface area contributed by atoms with Crippen molar-refractivity contribution in [3.63, 3.8) is 0 Å². The molecule has 0 saturated carbocycles. The van der Waals surface area contributed by atoms with Crippen LogP contribution in [0.4, 0.5) is 17.4 Å². The number of nitrogens with two attached hydrogens (primary N) is 2. The van der Waals surface area contributed by atoms with Gasteiger partial charge in [0.15, 0.2) is 5.58 Å². The Bertz CT molecular complexity index is 1260. The maximum atomic E-state index is 11.4. The molecule has 3 heterocycles. The van der Waals surface area contributed by atoms with Gasteiger partial charge in [-0.2, -0.15) is 4.98 Å². The number of carbonyl (C=O) groups is 1. The highest BCUT2D eigenvalue weighted by Gasteiger charge is 2.21. The van der Waals surface area contributed by atoms with Crippen LogP contribution < -0.4 is 26.8 Å². The molecule has 7 N–H and O–H groups in total. The highest BCUT2D eigenvalue weighted by molar-refractivity contribution is 6.07. The van der Waals surface area contributed by atoms with Crippen LogP contribution in [0.15, 0.2) is 34.7 Å². The van der Waals surface area contributed by atoms with Gasteiger partial charge in [-0.05, 0) is 31.2 Å². The van der Waals surface area contributed by atoms with Gasteiger partial charge in [0, 0.05) is 23.9 Å². The molecule has 0 radical (unpaired) electrons. The maximum Gasteiger partial charge on any atom is 0.292 e. The van der Waals surface area contributed by atoms with Crippen molar-refractivity contribution < 1.29 is 13.9 Å². The van der Waals surface area contributed by atoms with Crippen LogP contribution >= 0.6 is 0 Å². The minimum absolute atomic E-state index is 0.139. The zero-order valence-corrected chi connectivity index (χ0v) is 15.7. The van der Waals surface area contributed by atoms with Crippen molar-refractivity contribution in [3.8, 4) is 17.0 Å². The van der Waals surface area contributed by atoms with Crippen LogP contribution in [0, 0.1) is 0 Å². The predicted molar refractivity (Wildman–Crippen MR) is 112 cm³/mol. The number of aromatic amines is 1. The zero-order valence-electron chi connectivity index (χ0n) is 15.7. The summed E-state index contributed by atoms with van der Waals surface area (Å²) in [6.45, 7) is 2.91. The molecule has 0 spiro atoms. The topological polar surface area (TPSA) is 144 Å². The zero-order chi connectivity index (χ0) is 20.1. The van der Waals surface area contributed by atoms with Crippen LogP contribution in [-0.4, -0.2) is 35.1 Å². The number of nitrogens with one attached hydrogen (secondary N) is 3. The van der Waals surface area contributed by atoms with E-state index in [1.807, 2.05) is 30.3 Å². The van der Waals surface area contributed by atoms with Crippen LogP contribution in [0.25, 0.3) is 33.3 Å². The van der Waals surface area contributed by atoms with Crippen molar-refractivity contribution in [2.45, 2.75) is 13.0 Å². The summed E-state index contributed by atoms with van der Waals surface area (Å²) in [5.41, 5.74) is 16.8. The average Bonchev–Trinajstić information content (AvgIpc) is 3.15. The molecule has 2 aromatic carbocycles. The molecule has 5 rings (SSSR count). The molecule has 2 aromatic heterocycles. The fourth-order valence-corrected chi connectivity index (χ4v) is 3.64.